The zero-order valence-electron chi connectivity index (χ0n) is 11.9. The molecule has 20 heavy (non-hydrogen) atoms. The summed E-state index contributed by atoms with van der Waals surface area (Å²) in [6, 6.07) is 3.86. The molecule has 0 aliphatic rings. The predicted molar refractivity (Wildman–Crippen MR) is 85.1 cm³/mol. The molecule has 0 N–H and O–H groups in total. The molecule has 1 atom stereocenters. The predicted octanol–water partition coefficient (Wildman–Crippen LogP) is 4.37. The summed E-state index contributed by atoms with van der Waals surface area (Å²) < 4.78 is 2.95. The van der Waals surface area contributed by atoms with E-state index in [0.717, 1.165) is 27.2 Å². The van der Waals surface area contributed by atoms with Crippen molar-refractivity contribution in [3.05, 3.63) is 45.3 Å². The number of alkyl halides is 1. The molecule has 3 nitrogen and oxygen atoms in total. The fraction of sp³-hybridized carbons (Fsp3) is 0.333. The van der Waals surface area contributed by atoms with Gasteiger partial charge in [0.15, 0.2) is 5.78 Å². The first-order valence-corrected chi connectivity index (χ1v) is 7.55. The summed E-state index contributed by atoms with van der Waals surface area (Å²) in [6.45, 7) is 7.58. The number of aryl methyl sites for hydroxylation is 2. The highest BCUT2D eigenvalue weighted by Gasteiger charge is 2.20. The van der Waals surface area contributed by atoms with Gasteiger partial charge in [-0.2, -0.15) is 0 Å². The number of ketones is 1. The van der Waals surface area contributed by atoms with Gasteiger partial charge in [-0.15, -0.1) is 11.6 Å². The van der Waals surface area contributed by atoms with Crippen molar-refractivity contribution in [2.45, 2.75) is 33.1 Å². The molecule has 2 aromatic heterocycles. The number of Topliss-reactive ketones (excluding diaryl/α,β-unsaturated/α-hetero) is 1. The van der Waals surface area contributed by atoms with Gasteiger partial charge < -0.3 is 4.57 Å². The van der Waals surface area contributed by atoms with Crippen molar-refractivity contribution in [3.8, 4) is 5.82 Å². The molecular weight excluding hydrogens is 340 g/mol. The van der Waals surface area contributed by atoms with E-state index in [1.54, 1.807) is 13.1 Å². The third-order valence-corrected chi connectivity index (χ3v) is 4.35. The molecule has 0 amide bonds. The minimum atomic E-state index is -0.524. The zero-order valence-corrected chi connectivity index (χ0v) is 14.2. The highest BCUT2D eigenvalue weighted by atomic mass is 79.9. The lowest BCUT2D eigenvalue weighted by Crippen LogP contribution is -2.12. The number of pyridine rings is 1. The number of halogens is 2. The van der Waals surface area contributed by atoms with E-state index in [-0.39, 0.29) is 5.78 Å². The number of carbonyl (C=O) groups excluding carboxylic acids is 1. The van der Waals surface area contributed by atoms with Gasteiger partial charge in [-0.05, 0) is 61.3 Å². The van der Waals surface area contributed by atoms with Gasteiger partial charge in [0, 0.05) is 27.6 Å². The Morgan fingerprint density at radius 3 is 2.55 bits per heavy atom. The number of aromatic nitrogens is 2. The smallest absolute Gasteiger partial charge is 0.182 e. The average Bonchev–Trinajstić information content (AvgIpc) is 2.67. The maximum atomic E-state index is 12.1. The van der Waals surface area contributed by atoms with Crippen LogP contribution in [0.15, 0.2) is 22.8 Å². The van der Waals surface area contributed by atoms with Crippen LogP contribution >= 0.6 is 27.5 Å². The van der Waals surface area contributed by atoms with Crippen molar-refractivity contribution in [1.82, 2.24) is 9.55 Å². The molecular formula is C15H16BrClN2O. The van der Waals surface area contributed by atoms with E-state index in [1.807, 2.05) is 37.5 Å². The van der Waals surface area contributed by atoms with Crippen LogP contribution < -0.4 is 0 Å². The summed E-state index contributed by atoms with van der Waals surface area (Å²) in [5.74, 6) is 0.752. The van der Waals surface area contributed by atoms with Crippen LogP contribution in [0.5, 0.6) is 0 Å². The average molecular weight is 356 g/mol. The van der Waals surface area contributed by atoms with Crippen molar-refractivity contribution in [2.24, 2.45) is 0 Å². The van der Waals surface area contributed by atoms with Crippen LogP contribution in [-0.2, 0) is 0 Å². The third-order valence-electron chi connectivity index (χ3n) is 3.32. The van der Waals surface area contributed by atoms with Crippen LogP contribution in [0.1, 0.15) is 34.2 Å². The Kier molecular flexibility index (Phi) is 4.35. The molecule has 0 saturated heterocycles. The van der Waals surface area contributed by atoms with Crippen molar-refractivity contribution >= 4 is 33.3 Å². The fourth-order valence-corrected chi connectivity index (χ4v) is 2.56. The zero-order chi connectivity index (χ0) is 15.0. The fourth-order valence-electron chi connectivity index (χ4n) is 2.23. The van der Waals surface area contributed by atoms with E-state index in [1.165, 1.54) is 0 Å². The standard InChI is InChI=1S/C15H16BrClN2O/c1-8-5-14(18-7-13(8)16)19-9(2)6-12(11(19)4)15(20)10(3)17/h5-7,10H,1-4H3. The van der Waals surface area contributed by atoms with E-state index in [2.05, 4.69) is 20.9 Å². The number of hydrogen-bond acceptors (Lipinski definition) is 2. The Morgan fingerprint density at radius 1 is 1.35 bits per heavy atom. The lowest BCUT2D eigenvalue weighted by Gasteiger charge is -2.10. The van der Waals surface area contributed by atoms with Crippen LogP contribution in [-0.4, -0.2) is 20.7 Å². The quantitative estimate of drug-likeness (QED) is 0.605. The van der Waals surface area contributed by atoms with Crippen LogP contribution in [0.25, 0.3) is 5.82 Å². The first-order chi connectivity index (χ1) is 9.32. The number of hydrogen-bond donors (Lipinski definition) is 0. The molecule has 2 heterocycles. The summed E-state index contributed by atoms with van der Waals surface area (Å²) in [4.78, 5) is 16.5. The van der Waals surface area contributed by atoms with Gasteiger partial charge in [0.05, 0.1) is 5.38 Å². The molecule has 0 aliphatic carbocycles. The second-order valence-electron chi connectivity index (χ2n) is 4.89. The van der Waals surface area contributed by atoms with Gasteiger partial charge in [0.2, 0.25) is 0 Å². The molecule has 5 heteroatoms. The maximum Gasteiger partial charge on any atom is 0.182 e. The Balaban J connectivity index is 2.58. The molecule has 0 saturated carbocycles. The topological polar surface area (TPSA) is 34.9 Å². The third kappa shape index (κ3) is 2.67. The lowest BCUT2D eigenvalue weighted by molar-refractivity contribution is 0.0991. The summed E-state index contributed by atoms with van der Waals surface area (Å²) in [5, 5.41) is -0.524. The van der Waals surface area contributed by atoms with Crippen LogP contribution in [0.4, 0.5) is 0 Å². The molecule has 0 aliphatic heterocycles. The number of nitrogens with zero attached hydrogens (tertiary/aromatic N) is 2. The second kappa shape index (κ2) is 5.70. The summed E-state index contributed by atoms with van der Waals surface area (Å²) in [6.07, 6.45) is 1.77. The highest BCUT2D eigenvalue weighted by Crippen LogP contribution is 2.24. The van der Waals surface area contributed by atoms with Crippen molar-refractivity contribution in [1.29, 1.82) is 0 Å². The Morgan fingerprint density at radius 2 is 2.00 bits per heavy atom. The van der Waals surface area contributed by atoms with Crippen molar-refractivity contribution < 1.29 is 4.79 Å². The van der Waals surface area contributed by atoms with E-state index in [0.29, 0.717) is 5.56 Å². The molecule has 0 radical (unpaired) electrons. The van der Waals surface area contributed by atoms with E-state index in [9.17, 15) is 4.79 Å². The van der Waals surface area contributed by atoms with E-state index in [4.69, 9.17) is 11.6 Å². The summed E-state index contributed by atoms with van der Waals surface area (Å²) >= 11 is 9.35. The first-order valence-electron chi connectivity index (χ1n) is 6.32. The lowest BCUT2D eigenvalue weighted by atomic mass is 10.1. The minimum absolute atomic E-state index is 0.0557. The van der Waals surface area contributed by atoms with Crippen molar-refractivity contribution in [2.75, 3.05) is 0 Å². The normalized spacial score (nSPS) is 12.5. The molecule has 2 rings (SSSR count). The van der Waals surface area contributed by atoms with Crippen LogP contribution in [0.3, 0.4) is 0 Å². The molecule has 0 bridgehead atoms. The minimum Gasteiger partial charge on any atom is -0.302 e. The molecule has 0 fully saturated rings. The molecule has 106 valence electrons. The monoisotopic (exact) mass is 354 g/mol. The molecule has 1 unspecified atom stereocenters. The largest absolute Gasteiger partial charge is 0.302 e. The van der Waals surface area contributed by atoms with Gasteiger partial charge >= 0.3 is 0 Å². The SMILES string of the molecule is Cc1cc(-n2c(C)cc(C(=O)C(C)Cl)c2C)ncc1Br. The Bertz CT molecular complexity index is 677. The Labute approximate surface area is 132 Å². The second-order valence-corrected chi connectivity index (χ2v) is 6.40. The highest BCUT2D eigenvalue weighted by molar-refractivity contribution is 9.10. The van der Waals surface area contributed by atoms with Crippen LogP contribution in [0, 0.1) is 20.8 Å². The van der Waals surface area contributed by atoms with Gasteiger partial charge in [0.1, 0.15) is 5.82 Å². The number of carbonyl (C=O) groups is 1. The Hall–Kier alpha value is -1.13. The van der Waals surface area contributed by atoms with Gasteiger partial charge in [-0.25, -0.2) is 4.98 Å². The van der Waals surface area contributed by atoms with Crippen molar-refractivity contribution in [3.63, 3.8) is 0 Å². The van der Waals surface area contributed by atoms with E-state index < -0.39 is 5.38 Å². The molecule has 0 spiro atoms. The van der Waals surface area contributed by atoms with Crippen LogP contribution in [0.2, 0.25) is 0 Å². The van der Waals surface area contributed by atoms with Gasteiger partial charge in [0.25, 0.3) is 0 Å². The maximum absolute atomic E-state index is 12.1. The first kappa shape index (κ1) is 15.3. The van der Waals surface area contributed by atoms with Gasteiger partial charge in [-0.3, -0.25) is 4.79 Å². The molecule has 0 aromatic carbocycles. The summed E-state index contributed by atoms with van der Waals surface area (Å²) in [5.41, 5.74) is 3.60. The summed E-state index contributed by atoms with van der Waals surface area (Å²) in [7, 11) is 0. The molecule has 2 aromatic rings. The number of rotatable bonds is 3. The van der Waals surface area contributed by atoms with E-state index >= 15 is 0 Å². The van der Waals surface area contributed by atoms with Gasteiger partial charge in [-0.1, -0.05) is 0 Å².